The highest BCUT2D eigenvalue weighted by molar-refractivity contribution is 5.73. The van der Waals surface area contributed by atoms with Gasteiger partial charge in [-0.3, -0.25) is 4.79 Å². The first kappa shape index (κ1) is 16.0. The fraction of sp³-hybridized carbons (Fsp3) is 0.500. The van der Waals surface area contributed by atoms with E-state index in [4.69, 9.17) is 10.4 Å². The van der Waals surface area contributed by atoms with Gasteiger partial charge in [-0.1, -0.05) is 24.6 Å². The maximum atomic E-state index is 10.9. The van der Waals surface area contributed by atoms with Gasteiger partial charge >= 0.3 is 5.97 Å². The average molecular weight is 274 g/mol. The zero-order valence-electron chi connectivity index (χ0n) is 12.2. The van der Waals surface area contributed by atoms with Crippen LogP contribution in [0.25, 0.3) is 0 Å². The molecule has 0 aromatic heterocycles. The molecule has 20 heavy (non-hydrogen) atoms. The first-order valence-electron chi connectivity index (χ1n) is 6.88. The number of unbranched alkanes of at least 4 members (excludes halogenated alkanes) is 1. The summed E-state index contributed by atoms with van der Waals surface area (Å²) in [6, 6.07) is 11.8. The molecule has 0 bridgehead atoms. The van der Waals surface area contributed by atoms with Crippen molar-refractivity contribution in [2.24, 2.45) is 5.41 Å². The molecule has 0 saturated carbocycles. The van der Waals surface area contributed by atoms with Crippen molar-refractivity contribution in [1.29, 1.82) is 5.26 Å². The number of aliphatic carboxylic acids is 1. The molecule has 1 aromatic carbocycles. The number of nitriles is 1. The normalized spacial score (nSPS) is 10.8. The van der Waals surface area contributed by atoms with Gasteiger partial charge in [-0.15, -0.1) is 0 Å². The fourth-order valence-electron chi connectivity index (χ4n) is 2.03. The number of para-hydroxylation sites is 1. The first-order chi connectivity index (χ1) is 9.44. The fourth-order valence-corrected chi connectivity index (χ4v) is 2.03. The van der Waals surface area contributed by atoms with E-state index in [0.717, 1.165) is 24.9 Å². The highest BCUT2D eigenvalue weighted by Gasteiger charge is 2.16. The van der Waals surface area contributed by atoms with Gasteiger partial charge in [-0.2, -0.15) is 5.26 Å². The van der Waals surface area contributed by atoms with Crippen LogP contribution in [0, 0.1) is 16.7 Å². The van der Waals surface area contributed by atoms with Gasteiger partial charge in [0.15, 0.2) is 0 Å². The molecule has 0 amide bonds. The van der Waals surface area contributed by atoms with E-state index in [0.29, 0.717) is 6.54 Å². The highest BCUT2D eigenvalue weighted by atomic mass is 16.4. The van der Waals surface area contributed by atoms with Crippen LogP contribution < -0.4 is 4.90 Å². The molecule has 0 heterocycles. The van der Waals surface area contributed by atoms with Crippen molar-refractivity contribution in [2.75, 3.05) is 18.0 Å². The quantitative estimate of drug-likeness (QED) is 0.739. The number of hydrogen-bond donors (Lipinski definition) is 1. The van der Waals surface area contributed by atoms with Crippen LogP contribution in [-0.2, 0) is 4.79 Å². The van der Waals surface area contributed by atoms with Crippen molar-refractivity contribution in [3.05, 3.63) is 30.3 Å². The molecule has 108 valence electrons. The topological polar surface area (TPSA) is 64.3 Å². The van der Waals surface area contributed by atoms with E-state index in [2.05, 4.69) is 6.07 Å². The second kappa shape index (κ2) is 7.54. The molecule has 0 aliphatic heterocycles. The van der Waals surface area contributed by atoms with Gasteiger partial charge in [0, 0.05) is 12.2 Å². The molecular formula is C16H22N2O2. The summed E-state index contributed by atoms with van der Waals surface area (Å²) in [5.41, 5.74) is 0.624. The third-order valence-corrected chi connectivity index (χ3v) is 3.23. The highest BCUT2D eigenvalue weighted by Crippen LogP contribution is 2.22. The zero-order chi connectivity index (χ0) is 15.0. The molecular weight excluding hydrogens is 252 g/mol. The number of carboxylic acid groups (broad SMARTS) is 1. The van der Waals surface area contributed by atoms with Gasteiger partial charge in [-0.05, 0) is 38.8 Å². The summed E-state index contributed by atoms with van der Waals surface area (Å²) in [7, 11) is 0. The van der Waals surface area contributed by atoms with Crippen molar-refractivity contribution in [3.63, 3.8) is 0 Å². The van der Waals surface area contributed by atoms with Crippen LogP contribution in [-0.4, -0.2) is 24.2 Å². The lowest BCUT2D eigenvalue weighted by Crippen LogP contribution is -2.30. The largest absolute Gasteiger partial charge is 0.480 e. The minimum atomic E-state index is -0.828. The van der Waals surface area contributed by atoms with Crippen molar-refractivity contribution in [1.82, 2.24) is 0 Å². The summed E-state index contributed by atoms with van der Waals surface area (Å²) in [6.45, 7) is 4.56. The second-order valence-electron chi connectivity index (χ2n) is 5.60. The van der Waals surface area contributed by atoms with E-state index in [9.17, 15) is 4.79 Å². The van der Waals surface area contributed by atoms with Crippen LogP contribution in [0.3, 0.4) is 0 Å². The van der Waals surface area contributed by atoms with E-state index in [-0.39, 0.29) is 12.0 Å². The lowest BCUT2D eigenvalue weighted by molar-refractivity contribution is -0.135. The number of anilines is 1. The zero-order valence-corrected chi connectivity index (χ0v) is 12.2. The number of benzene rings is 1. The summed E-state index contributed by atoms with van der Waals surface area (Å²) in [5, 5.41) is 17.9. The SMILES string of the molecule is CC(C)(C#N)CCCCN(CC(=O)O)c1ccccc1. The van der Waals surface area contributed by atoms with Crippen LogP contribution >= 0.6 is 0 Å². The van der Waals surface area contributed by atoms with Crippen LogP contribution in [0.4, 0.5) is 5.69 Å². The van der Waals surface area contributed by atoms with Crippen molar-refractivity contribution in [3.8, 4) is 6.07 Å². The maximum absolute atomic E-state index is 10.9. The van der Waals surface area contributed by atoms with Gasteiger partial charge < -0.3 is 10.0 Å². The lowest BCUT2D eigenvalue weighted by atomic mass is 9.89. The van der Waals surface area contributed by atoms with Crippen LogP contribution in [0.2, 0.25) is 0 Å². The van der Waals surface area contributed by atoms with Crippen molar-refractivity contribution >= 4 is 11.7 Å². The molecule has 0 radical (unpaired) electrons. The molecule has 0 unspecified atom stereocenters. The molecule has 1 aromatic rings. The second-order valence-corrected chi connectivity index (χ2v) is 5.60. The number of carboxylic acids is 1. The van der Waals surface area contributed by atoms with Crippen molar-refractivity contribution in [2.45, 2.75) is 33.1 Å². The molecule has 4 nitrogen and oxygen atoms in total. The molecule has 0 aliphatic rings. The summed E-state index contributed by atoms with van der Waals surface area (Å²) in [4.78, 5) is 12.8. The lowest BCUT2D eigenvalue weighted by Gasteiger charge is -2.23. The Labute approximate surface area is 120 Å². The number of carbonyl (C=O) groups is 1. The van der Waals surface area contributed by atoms with Gasteiger partial charge in [0.25, 0.3) is 0 Å². The Balaban J connectivity index is 2.51. The molecule has 1 N–H and O–H groups in total. The predicted octanol–water partition coefficient (Wildman–Crippen LogP) is 3.30. The van der Waals surface area contributed by atoms with E-state index in [1.54, 1.807) is 0 Å². The smallest absolute Gasteiger partial charge is 0.323 e. The number of nitrogens with zero attached hydrogens (tertiary/aromatic N) is 2. The van der Waals surface area contributed by atoms with E-state index < -0.39 is 5.97 Å². The van der Waals surface area contributed by atoms with Gasteiger partial charge in [-0.25, -0.2) is 0 Å². The standard InChI is InChI=1S/C16H22N2O2/c1-16(2,13-17)10-6-7-11-18(12-15(19)20)14-8-4-3-5-9-14/h3-5,8-9H,6-7,10-12H2,1-2H3,(H,19,20). The molecule has 1 rings (SSSR count). The third kappa shape index (κ3) is 5.75. The summed E-state index contributed by atoms with van der Waals surface area (Å²) >= 11 is 0. The third-order valence-electron chi connectivity index (χ3n) is 3.23. The molecule has 4 heteroatoms. The Kier molecular flexibility index (Phi) is 6.05. The van der Waals surface area contributed by atoms with Crippen LogP contribution in [0.5, 0.6) is 0 Å². The van der Waals surface area contributed by atoms with Gasteiger partial charge in [0.05, 0.1) is 11.5 Å². The Bertz CT molecular complexity index is 463. The number of rotatable bonds is 8. The maximum Gasteiger partial charge on any atom is 0.323 e. The van der Waals surface area contributed by atoms with Gasteiger partial charge in [0.2, 0.25) is 0 Å². The van der Waals surface area contributed by atoms with Crippen LogP contribution in [0.15, 0.2) is 30.3 Å². The molecule has 0 fully saturated rings. The molecule has 0 atom stereocenters. The molecule has 0 spiro atoms. The van der Waals surface area contributed by atoms with Crippen LogP contribution in [0.1, 0.15) is 33.1 Å². The predicted molar refractivity (Wildman–Crippen MR) is 79.5 cm³/mol. The number of hydrogen-bond acceptors (Lipinski definition) is 3. The van der Waals surface area contributed by atoms with E-state index in [1.807, 2.05) is 49.1 Å². The average Bonchev–Trinajstić information content (AvgIpc) is 2.43. The van der Waals surface area contributed by atoms with E-state index >= 15 is 0 Å². The monoisotopic (exact) mass is 274 g/mol. The Morgan fingerprint density at radius 1 is 1.30 bits per heavy atom. The van der Waals surface area contributed by atoms with Gasteiger partial charge in [0.1, 0.15) is 6.54 Å². The minimum absolute atomic E-state index is 0.00561. The summed E-state index contributed by atoms with van der Waals surface area (Å²) in [5.74, 6) is -0.828. The first-order valence-corrected chi connectivity index (χ1v) is 6.88. The molecule has 0 saturated heterocycles. The Morgan fingerprint density at radius 3 is 2.50 bits per heavy atom. The summed E-state index contributed by atoms with van der Waals surface area (Å²) in [6.07, 6.45) is 2.63. The molecule has 0 aliphatic carbocycles. The Hall–Kier alpha value is -2.02. The van der Waals surface area contributed by atoms with Crippen molar-refractivity contribution < 1.29 is 9.90 Å². The minimum Gasteiger partial charge on any atom is -0.480 e. The summed E-state index contributed by atoms with van der Waals surface area (Å²) < 4.78 is 0. The van der Waals surface area contributed by atoms with E-state index in [1.165, 1.54) is 0 Å². The Morgan fingerprint density at radius 2 is 1.95 bits per heavy atom.